The van der Waals surface area contributed by atoms with Crippen molar-refractivity contribution in [3.63, 3.8) is 0 Å². The first kappa shape index (κ1) is 13.0. The van der Waals surface area contributed by atoms with E-state index in [1.54, 1.807) is 24.3 Å². The lowest BCUT2D eigenvalue weighted by Crippen LogP contribution is -2.28. The van der Waals surface area contributed by atoms with Gasteiger partial charge in [-0.3, -0.25) is 9.59 Å². The van der Waals surface area contributed by atoms with Crippen molar-refractivity contribution in [2.45, 2.75) is 13.8 Å². The Labute approximate surface area is 100 Å². The predicted molar refractivity (Wildman–Crippen MR) is 64.9 cm³/mol. The first-order chi connectivity index (χ1) is 8.11. The molecular weight excluding hydrogens is 220 g/mol. The maximum atomic E-state index is 11.2. The van der Waals surface area contributed by atoms with E-state index in [1.807, 2.05) is 6.92 Å². The number of hydrogen-bond donors (Lipinski definition) is 2. The Morgan fingerprint density at radius 3 is 2.76 bits per heavy atom. The minimum Gasteiger partial charge on any atom is -0.484 e. The number of nitrogens with one attached hydrogen (secondary N) is 2. The van der Waals surface area contributed by atoms with Gasteiger partial charge in [0, 0.05) is 25.2 Å². The van der Waals surface area contributed by atoms with Gasteiger partial charge in [-0.2, -0.15) is 0 Å². The molecule has 0 unspecified atom stereocenters. The molecule has 1 aromatic rings. The average molecular weight is 236 g/mol. The summed E-state index contributed by atoms with van der Waals surface area (Å²) >= 11 is 0. The summed E-state index contributed by atoms with van der Waals surface area (Å²) in [5.41, 5.74) is 0.644. The van der Waals surface area contributed by atoms with Gasteiger partial charge in [0.2, 0.25) is 5.91 Å². The molecule has 1 rings (SSSR count). The molecule has 17 heavy (non-hydrogen) atoms. The average Bonchev–Trinajstić information content (AvgIpc) is 2.26. The van der Waals surface area contributed by atoms with Crippen LogP contribution >= 0.6 is 0 Å². The molecule has 2 amide bonds. The highest BCUT2D eigenvalue weighted by molar-refractivity contribution is 5.88. The standard InChI is InChI=1S/C12H16N2O3/c1-3-13-12(16)8-17-11-6-4-5-10(7-11)14-9(2)15/h4-7H,3,8H2,1-2H3,(H,13,16)(H,14,15). The molecule has 1 aromatic carbocycles. The van der Waals surface area contributed by atoms with E-state index in [4.69, 9.17) is 4.74 Å². The van der Waals surface area contributed by atoms with Crippen LogP contribution in [-0.4, -0.2) is 25.0 Å². The Kier molecular flexibility index (Phi) is 5.00. The van der Waals surface area contributed by atoms with Gasteiger partial charge < -0.3 is 15.4 Å². The third-order valence-electron chi connectivity index (χ3n) is 1.90. The van der Waals surface area contributed by atoms with E-state index in [-0.39, 0.29) is 18.4 Å². The highest BCUT2D eigenvalue weighted by atomic mass is 16.5. The number of benzene rings is 1. The van der Waals surface area contributed by atoms with E-state index in [1.165, 1.54) is 6.92 Å². The number of likely N-dealkylation sites (N-methyl/N-ethyl adjacent to an activating group) is 1. The fourth-order valence-corrected chi connectivity index (χ4v) is 1.26. The van der Waals surface area contributed by atoms with Crippen LogP contribution in [-0.2, 0) is 9.59 Å². The second-order valence-corrected chi connectivity index (χ2v) is 3.45. The molecule has 0 radical (unpaired) electrons. The largest absolute Gasteiger partial charge is 0.484 e. The number of rotatable bonds is 5. The van der Waals surface area contributed by atoms with Crippen molar-refractivity contribution >= 4 is 17.5 Å². The minimum atomic E-state index is -0.169. The van der Waals surface area contributed by atoms with Crippen molar-refractivity contribution in [2.24, 2.45) is 0 Å². The summed E-state index contributed by atoms with van der Waals surface area (Å²) in [7, 11) is 0. The highest BCUT2D eigenvalue weighted by Crippen LogP contribution is 2.16. The zero-order chi connectivity index (χ0) is 12.7. The minimum absolute atomic E-state index is 0.0304. The van der Waals surface area contributed by atoms with Crippen molar-refractivity contribution in [3.05, 3.63) is 24.3 Å². The van der Waals surface area contributed by atoms with Gasteiger partial charge in [-0.15, -0.1) is 0 Å². The fraction of sp³-hybridized carbons (Fsp3) is 0.333. The molecule has 0 aliphatic carbocycles. The summed E-state index contributed by atoms with van der Waals surface area (Å²) in [5, 5.41) is 5.27. The van der Waals surface area contributed by atoms with Crippen LogP contribution in [0.4, 0.5) is 5.69 Å². The fourth-order valence-electron chi connectivity index (χ4n) is 1.26. The van der Waals surface area contributed by atoms with Crippen molar-refractivity contribution < 1.29 is 14.3 Å². The van der Waals surface area contributed by atoms with Gasteiger partial charge in [0.25, 0.3) is 5.91 Å². The second kappa shape index (κ2) is 6.52. The second-order valence-electron chi connectivity index (χ2n) is 3.45. The third kappa shape index (κ3) is 5.01. The number of amides is 2. The van der Waals surface area contributed by atoms with Crippen LogP contribution in [0.5, 0.6) is 5.75 Å². The Morgan fingerprint density at radius 2 is 2.12 bits per heavy atom. The Bertz CT molecular complexity index is 404. The summed E-state index contributed by atoms with van der Waals surface area (Å²) < 4.78 is 5.28. The molecule has 0 saturated heterocycles. The first-order valence-corrected chi connectivity index (χ1v) is 5.39. The molecule has 0 aliphatic heterocycles. The van der Waals surface area contributed by atoms with Crippen molar-refractivity contribution in [3.8, 4) is 5.75 Å². The van der Waals surface area contributed by atoms with E-state index in [0.29, 0.717) is 18.0 Å². The van der Waals surface area contributed by atoms with E-state index in [2.05, 4.69) is 10.6 Å². The van der Waals surface area contributed by atoms with Crippen LogP contribution in [0.25, 0.3) is 0 Å². The van der Waals surface area contributed by atoms with Crippen molar-refractivity contribution in [1.29, 1.82) is 0 Å². The lowest BCUT2D eigenvalue weighted by molar-refractivity contribution is -0.123. The monoisotopic (exact) mass is 236 g/mol. The van der Waals surface area contributed by atoms with Gasteiger partial charge in [0.15, 0.2) is 6.61 Å². The summed E-state index contributed by atoms with van der Waals surface area (Å²) in [6, 6.07) is 6.89. The summed E-state index contributed by atoms with van der Waals surface area (Å²) in [6.45, 7) is 3.82. The number of hydrogen-bond acceptors (Lipinski definition) is 3. The lowest BCUT2D eigenvalue weighted by atomic mass is 10.3. The SMILES string of the molecule is CCNC(=O)COc1cccc(NC(C)=O)c1. The Morgan fingerprint density at radius 1 is 1.35 bits per heavy atom. The number of anilines is 1. The molecule has 5 heteroatoms. The molecule has 0 aliphatic rings. The van der Waals surface area contributed by atoms with Crippen LogP contribution < -0.4 is 15.4 Å². The molecule has 0 fully saturated rings. The molecule has 2 N–H and O–H groups in total. The molecule has 0 atom stereocenters. The number of carbonyl (C=O) groups is 2. The topological polar surface area (TPSA) is 67.4 Å². The molecule has 0 aromatic heterocycles. The molecule has 0 spiro atoms. The van der Waals surface area contributed by atoms with Crippen LogP contribution in [0.3, 0.4) is 0 Å². The number of carbonyl (C=O) groups excluding carboxylic acids is 2. The summed E-state index contributed by atoms with van der Waals surface area (Å²) in [4.78, 5) is 22.0. The van der Waals surface area contributed by atoms with Gasteiger partial charge in [-0.1, -0.05) is 6.07 Å². The molecule has 0 heterocycles. The van der Waals surface area contributed by atoms with Crippen LogP contribution in [0.2, 0.25) is 0 Å². The van der Waals surface area contributed by atoms with Crippen LogP contribution in [0.15, 0.2) is 24.3 Å². The maximum Gasteiger partial charge on any atom is 0.257 e. The lowest BCUT2D eigenvalue weighted by Gasteiger charge is -2.08. The first-order valence-electron chi connectivity index (χ1n) is 5.39. The van der Waals surface area contributed by atoms with Gasteiger partial charge >= 0.3 is 0 Å². The van der Waals surface area contributed by atoms with E-state index in [9.17, 15) is 9.59 Å². The maximum absolute atomic E-state index is 11.2. The molecule has 5 nitrogen and oxygen atoms in total. The zero-order valence-corrected chi connectivity index (χ0v) is 9.95. The van der Waals surface area contributed by atoms with Gasteiger partial charge in [-0.25, -0.2) is 0 Å². The highest BCUT2D eigenvalue weighted by Gasteiger charge is 2.02. The van der Waals surface area contributed by atoms with Gasteiger partial charge in [-0.05, 0) is 19.1 Å². The quantitative estimate of drug-likeness (QED) is 0.806. The molecule has 0 bridgehead atoms. The zero-order valence-electron chi connectivity index (χ0n) is 9.95. The van der Waals surface area contributed by atoms with E-state index >= 15 is 0 Å². The number of ether oxygens (including phenoxy) is 1. The van der Waals surface area contributed by atoms with Crippen molar-refractivity contribution in [1.82, 2.24) is 5.32 Å². The normalized spacial score (nSPS) is 9.53. The predicted octanol–water partition coefficient (Wildman–Crippen LogP) is 1.16. The van der Waals surface area contributed by atoms with Crippen LogP contribution in [0.1, 0.15) is 13.8 Å². The van der Waals surface area contributed by atoms with E-state index in [0.717, 1.165) is 0 Å². The van der Waals surface area contributed by atoms with Crippen LogP contribution in [0, 0.1) is 0 Å². The molecule has 92 valence electrons. The van der Waals surface area contributed by atoms with E-state index < -0.39 is 0 Å². The molecule has 0 saturated carbocycles. The van der Waals surface area contributed by atoms with Gasteiger partial charge in [0.1, 0.15) is 5.75 Å². The van der Waals surface area contributed by atoms with Crippen molar-refractivity contribution in [2.75, 3.05) is 18.5 Å². The summed E-state index contributed by atoms with van der Waals surface area (Å²) in [6.07, 6.45) is 0. The third-order valence-corrected chi connectivity index (χ3v) is 1.90. The Hall–Kier alpha value is -2.04. The summed E-state index contributed by atoms with van der Waals surface area (Å²) in [5.74, 6) is 0.228. The smallest absolute Gasteiger partial charge is 0.257 e. The molecular formula is C12H16N2O3. The Balaban J connectivity index is 2.53. The van der Waals surface area contributed by atoms with Gasteiger partial charge in [0.05, 0.1) is 0 Å².